The van der Waals surface area contributed by atoms with Gasteiger partial charge in [0, 0.05) is 23.8 Å². The van der Waals surface area contributed by atoms with E-state index in [1.165, 1.54) is 16.3 Å². The maximum Gasteiger partial charge on any atom is 0.0349 e. The molecule has 2 atom stereocenters. The first-order chi connectivity index (χ1) is 8.89. The van der Waals surface area contributed by atoms with Gasteiger partial charge < -0.3 is 5.73 Å². The monoisotopic (exact) mass is 256 g/mol. The van der Waals surface area contributed by atoms with Crippen molar-refractivity contribution >= 4 is 10.8 Å². The van der Waals surface area contributed by atoms with Gasteiger partial charge in [0.1, 0.15) is 0 Å². The quantitative estimate of drug-likeness (QED) is 0.889. The molecular weight excluding hydrogens is 232 g/mol. The molecular formula is C17H24N2. The van der Waals surface area contributed by atoms with Crippen LogP contribution < -0.4 is 5.73 Å². The third kappa shape index (κ3) is 3.13. The van der Waals surface area contributed by atoms with E-state index in [1.54, 1.807) is 0 Å². The zero-order valence-corrected chi connectivity index (χ0v) is 12.4. The van der Waals surface area contributed by atoms with Crippen molar-refractivity contribution in [3.05, 3.63) is 42.2 Å². The van der Waals surface area contributed by atoms with E-state index in [1.807, 2.05) is 18.5 Å². The highest BCUT2D eigenvalue weighted by atomic mass is 14.7. The standard InChI is InChI=1S/C17H24N2/c1-12(17(2,3)4)10-16(18)14-7-5-6-13-8-9-19-11-15(13)14/h5-9,11-12,16H,10,18H2,1-4H3. The molecule has 2 N–H and O–H groups in total. The van der Waals surface area contributed by atoms with E-state index in [-0.39, 0.29) is 6.04 Å². The Bertz CT molecular complexity index is 549. The van der Waals surface area contributed by atoms with Crippen molar-refractivity contribution < 1.29 is 0 Å². The largest absolute Gasteiger partial charge is 0.324 e. The first kappa shape index (κ1) is 14.0. The maximum atomic E-state index is 6.43. The number of fused-ring (bicyclic) bond motifs is 1. The smallest absolute Gasteiger partial charge is 0.0349 e. The molecule has 2 aromatic rings. The average molecular weight is 256 g/mol. The van der Waals surface area contributed by atoms with Gasteiger partial charge in [0.05, 0.1) is 0 Å². The fraction of sp³-hybridized carbons (Fsp3) is 0.471. The molecule has 2 nitrogen and oxygen atoms in total. The van der Waals surface area contributed by atoms with Crippen molar-refractivity contribution in [2.24, 2.45) is 17.1 Å². The van der Waals surface area contributed by atoms with E-state index in [2.05, 4.69) is 50.9 Å². The van der Waals surface area contributed by atoms with Crippen LogP contribution in [-0.4, -0.2) is 4.98 Å². The molecule has 2 heteroatoms. The SMILES string of the molecule is CC(CC(N)c1cccc2ccncc12)C(C)(C)C. The van der Waals surface area contributed by atoms with Gasteiger partial charge in [-0.1, -0.05) is 45.9 Å². The molecule has 1 aromatic heterocycles. The van der Waals surface area contributed by atoms with Crippen LogP contribution in [0.3, 0.4) is 0 Å². The fourth-order valence-corrected chi connectivity index (χ4v) is 2.32. The summed E-state index contributed by atoms with van der Waals surface area (Å²) in [4.78, 5) is 4.23. The van der Waals surface area contributed by atoms with E-state index in [4.69, 9.17) is 5.73 Å². The summed E-state index contributed by atoms with van der Waals surface area (Å²) >= 11 is 0. The normalized spacial score (nSPS) is 15.4. The Morgan fingerprint density at radius 2 is 1.95 bits per heavy atom. The zero-order chi connectivity index (χ0) is 14.0. The molecule has 2 unspecified atom stereocenters. The third-order valence-corrected chi connectivity index (χ3v) is 4.20. The van der Waals surface area contributed by atoms with Gasteiger partial charge in [0.2, 0.25) is 0 Å². The number of nitrogens with zero attached hydrogens (tertiary/aromatic N) is 1. The molecule has 0 spiro atoms. The second-order valence-electron chi connectivity index (χ2n) is 6.55. The summed E-state index contributed by atoms with van der Waals surface area (Å²) in [6, 6.07) is 8.44. The van der Waals surface area contributed by atoms with Crippen LogP contribution in [0.5, 0.6) is 0 Å². The molecule has 19 heavy (non-hydrogen) atoms. The van der Waals surface area contributed by atoms with E-state index in [0.717, 1.165) is 6.42 Å². The highest BCUT2D eigenvalue weighted by Crippen LogP contribution is 2.34. The third-order valence-electron chi connectivity index (χ3n) is 4.20. The van der Waals surface area contributed by atoms with Crippen molar-refractivity contribution in [1.82, 2.24) is 4.98 Å². The first-order valence-corrected chi connectivity index (χ1v) is 6.98. The molecule has 0 aliphatic carbocycles. The Labute approximate surface area is 116 Å². The van der Waals surface area contributed by atoms with Gasteiger partial charge in [0.25, 0.3) is 0 Å². The number of hydrogen-bond acceptors (Lipinski definition) is 2. The van der Waals surface area contributed by atoms with Crippen LogP contribution in [0.4, 0.5) is 0 Å². The summed E-state index contributed by atoms with van der Waals surface area (Å²) in [6.45, 7) is 9.10. The summed E-state index contributed by atoms with van der Waals surface area (Å²) in [5, 5.41) is 2.39. The van der Waals surface area contributed by atoms with Gasteiger partial charge >= 0.3 is 0 Å². The summed E-state index contributed by atoms with van der Waals surface area (Å²) in [5.41, 5.74) is 7.93. The van der Waals surface area contributed by atoms with Crippen molar-refractivity contribution in [3.8, 4) is 0 Å². The number of benzene rings is 1. The minimum Gasteiger partial charge on any atom is -0.324 e. The van der Waals surface area contributed by atoms with E-state index < -0.39 is 0 Å². The maximum absolute atomic E-state index is 6.43. The Balaban J connectivity index is 2.29. The first-order valence-electron chi connectivity index (χ1n) is 6.98. The Hall–Kier alpha value is -1.41. The van der Waals surface area contributed by atoms with Crippen molar-refractivity contribution in [1.29, 1.82) is 0 Å². The number of hydrogen-bond donors (Lipinski definition) is 1. The van der Waals surface area contributed by atoms with Crippen LogP contribution in [0.25, 0.3) is 10.8 Å². The topological polar surface area (TPSA) is 38.9 Å². The fourth-order valence-electron chi connectivity index (χ4n) is 2.32. The van der Waals surface area contributed by atoms with Crippen molar-refractivity contribution in [2.75, 3.05) is 0 Å². The summed E-state index contributed by atoms with van der Waals surface area (Å²) in [6.07, 6.45) is 4.75. The Kier molecular flexibility index (Phi) is 3.91. The lowest BCUT2D eigenvalue weighted by Crippen LogP contribution is -2.23. The van der Waals surface area contributed by atoms with Gasteiger partial charge in [0.15, 0.2) is 0 Å². The molecule has 0 fully saturated rings. The van der Waals surface area contributed by atoms with Crippen LogP contribution in [0.2, 0.25) is 0 Å². The molecule has 0 radical (unpaired) electrons. The summed E-state index contributed by atoms with van der Waals surface area (Å²) < 4.78 is 0. The second-order valence-corrected chi connectivity index (χ2v) is 6.55. The van der Waals surface area contributed by atoms with E-state index in [0.29, 0.717) is 11.3 Å². The zero-order valence-electron chi connectivity index (χ0n) is 12.4. The van der Waals surface area contributed by atoms with Crippen LogP contribution >= 0.6 is 0 Å². The molecule has 0 saturated carbocycles. The lowest BCUT2D eigenvalue weighted by atomic mass is 9.77. The molecule has 0 aliphatic heterocycles. The molecule has 0 aliphatic rings. The predicted octanol–water partition coefficient (Wildman–Crippen LogP) is 4.31. The molecule has 102 valence electrons. The average Bonchev–Trinajstić information content (AvgIpc) is 2.36. The van der Waals surface area contributed by atoms with Crippen LogP contribution in [0.1, 0.15) is 45.7 Å². The molecule has 0 amide bonds. The van der Waals surface area contributed by atoms with Crippen LogP contribution in [-0.2, 0) is 0 Å². The molecule has 1 heterocycles. The van der Waals surface area contributed by atoms with Crippen molar-refractivity contribution in [3.63, 3.8) is 0 Å². The highest BCUT2D eigenvalue weighted by molar-refractivity contribution is 5.85. The van der Waals surface area contributed by atoms with Gasteiger partial charge in [-0.25, -0.2) is 0 Å². The number of rotatable bonds is 3. The highest BCUT2D eigenvalue weighted by Gasteiger charge is 2.23. The summed E-state index contributed by atoms with van der Waals surface area (Å²) in [7, 11) is 0. The van der Waals surface area contributed by atoms with Gasteiger partial charge in [-0.2, -0.15) is 0 Å². The van der Waals surface area contributed by atoms with Crippen LogP contribution in [0, 0.1) is 11.3 Å². The lowest BCUT2D eigenvalue weighted by molar-refractivity contribution is 0.234. The van der Waals surface area contributed by atoms with Gasteiger partial charge in [-0.05, 0) is 34.8 Å². The number of pyridine rings is 1. The predicted molar refractivity (Wildman–Crippen MR) is 81.9 cm³/mol. The van der Waals surface area contributed by atoms with Gasteiger partial charge in [-0.15, -0.1) is 0 Å². The van der Waals surface area contributed by atoms with Crippen molar-refractivity contribution in [2.45, 2.75) is 40.2 Å². The minimum atomic E-state index is 0.0714. The second kappa shape index (κ2) is 5.30. The Morgan fingerprint density at radius 3 is 2.63 bits per heavy atom. The summed E-state index contributed by atoms with van der Waals surface area (Å²) in [5.74, 6) is 0.578. The lowest BCUT2D eigenvalue weighted by Gasteiger charge is -2.30. The molecule has 0 saturated heterocycles. The molecule has 2 rings (SSSR count). The van der Waals surface area contributed by atoms with E-state index >= 15 is 0 Å². The van der Waals surface area contributed by atoms with E-state index in [9.17, 15) is 0 Å². The molecule has 1 aromatic carbocycles. The number of nitrogens with two attached hydrogens (primary N) is 1. The minimum absolute atomic E-state index is 0.0714. The van der Waals surface area contributed by atoms with Crippen LogP contribution in [0.15, 0.2) is 36.7 Å². The van der Waals surface area contributed by atoms with Gasteiger partial charge in [-0.3, -0.25) is 4.98 Å². The molecule has 0 bridgehead atoms. The number of aromatic nitrogens is 1. The Morgan fingerprint density at radius 1 is 1.21 bits per heavy atom.